The summed E-state index contributed by atoms with van der Waals surface area (Å²) in [5.74, 6) is -1.12. The van der Waals surface area contributed by atoms with E-state index in [2.05, 4.69) is 21.6 Å². The molecular weight excluding hydrogens is 507 g/mol. The van der Waals surface area contributed by atoms with Crippen LogP contribution in [0.3, 0.4) is 0 Å². The summed E-state index contributed by atoms with van der Waals surface area (Å²) in [7, 11) is -2.84. The quantitative estimate of drug-likeness (QED) is 0.429. The van der Waals surface area contributed by atoms with Crippen molar-refractivity contribution in [2.45, 2.75) is 17.8 Å². The van der Waals surface area contributed by atoms with Crippen molar-refractivity contribution < 1.29 is 31.1 Å². The number of ether oxygens (including phenoxy) is 1. The largest absolute Gasteiger partial charge is 0.573 e. The summed E-state index contributed by atoms with van der Waals surface area (Å²) in [6, 6.07) is 13.8. The number of amides is 1. The van der Waals surface area contributed by atoms with Crippen molar-refractivity contribution in [3.05, 3.63) is 89.7 Å². The molecule has 0 radical (unpaired) electrons. The summed E-state index contributed by atoms with van der Waals surface area (Å²) in [6.45, 7) is 3.54. The third-order valence-electron chi connectivity index (χ3n) is 4.81. The van der Waals surface area contributed by atoms with Crippen LogP contribution >= 0.6 is 11.6 Å². The van der Waals surface area contributed by atoms with Crippen molar-refractivity contribution in [3.8, 4) is 17.0 Å². The van der Waals surface area contributed by atoms with Gasteiger partial charge in [0.25, 0.3) is 15.9 Å². The first kappa shape index (κ1) is 26.0. The molecular formula is C23H19ClF3N3O4S. The highest BCUT2D eigenvalue weighted by molar-refractivity contribution is 7.89. The zero-order chi connectivity index (χ0) is 25.8. The van der Waals surface area contributed by atoms with Gasteiger partial charge < -0.3 is 10.1 Å². The molecule has 1 heterocycles. The molecule has 3 aromatic rings. The lowest BCUT2D eigenvalue weighted by molar-refractivity contribution is -0.274. The number of benzene rings is 2. The van der Waals surface area contributed by atoms with Crippen LogP contribution < -0.4 is 10.1 Å². The first-order valence-electron chi connectivity index (χ1n) is 9.90. The lowest BCUT2D eigenvalue weighted by Crippen LogP contribution is -2.35. The molecule has 3 rings (SSSR count). The highest BCUT2D eigenvalue weighted by atomic mass is 35.5. The van der Waals surface area contributed by atoms with Crippen LogP contribution in [-0.4, -0.2) is 37.0 Å². The minimum Gasteiger partial charge on any atom is -0.406 e. The Labute approximate surface area is 204 Å². The SMILES string of the molecule is C=C(C(=O)NCc1cccnc1-c1ccc(OC(F)(F)F)cc1)N(C)S(=O)(=O)c1ccc(Cl)cc1. The fraction of sp³-hybridized carbons (Fsp3) is 0.130. The molecule has 12 heteroatoms. The number of sulfonamides is 1. The Morgan fingerprint density at radius 2 is 1.74 bits per heavy atom. The molecule has 2 aromatic carbocycles. The Balaban J connectivity index is 1.71. The highest BCUT2D eigenvalue weighted by Crippen LogP contribution is 2.27. The number of hydrogen-bond acceptors (Lipinski definition) is 5. The van der Waals surface area contributed by atoms with Gasteiger partial charge in [-0.05, 0) is 60.2 Å². The Hall–Kier alpha value is -3.57. The van der Waals surface area contributed by atoms with E-state index in [0.29, 0.717) is 21.8 Å². The van der Waals surface area contributed by atoms with E-state index in [4.69, 9.17) is 11.6 Å². The molecule has 0 spiro atoms. The molecule has 0 unspecified atom stereocenters. The molecule has 7 nitrogen and oxygen atoms in total. The second kappa shape index (κ2) is 10.4. The van der Waals surface area contributed by atoms with E-state index in [-0.39, 0.29) is 22.9 Å². The Bertz CT molecular complexity index is 1330. The predicted octanol–water partition coefficient (Wildman–Crippen LogP) is 4.75. The van der Waals surface area contributed by atoms with E-state index in [1.165, 1.54) is 49.6 Å². The maximum atomic E-state index is 12.8. The summed E-state index contributed by atoms with van der Waals surface area (Å²) in [5.41, 5.74) is 1.13. The first-order valence-corrected chi connectivity index (χ1v) is 11.7. The van der Waals surface area contributed by atoms with Gasteiger partial charge in [0.05, 0.1) is 10.6 Å². The van der Waals surface area contributed by atoms with Crippen LogP contribution in [0.25, 0.3) is 11.3 Å². The van der Waals surface area contributed by atoms with Crippen LogP contribution in [0, 0.1) is 0 Å². The van der Waals surface area contributed by atoms with Gasteiger partial charge in [0.1, 0.15) is 11.4 Å². The molecule has 0 aliphatic rings. The van der Waals surface area contributed by atoms with E-state index >= 15 is 0 Å². The predicted molar refractivity (Wildman–Crippen MR) is 124 cm³/mol. The first-order chi connectivity index (χ1) is 16.4. The number of aromatic nitrogens is 1. The lowest BCUT2D eigenvalue weighted by Gasteiger charge is -2.21. The molecule has 184 valence electrons. The smallest absolute Gasteiger partial charge is 0.406 e. The second-order valence-electron chi connectivity index (χ2n) is 7.14. The number of halogens is 4. The fourth-order valence-electron chi connectivity index (χ4n) is 2.99. The van der Waals surface area contributed by atoms with Gasteiger partial charge in [-0.3, -0.25) is 14.1 Å². The molecule has 1 amide bonds. The molecule has 0 fully saturated rings. The van der Waals surface area contributed by atoms with E-state index in [0.717, 1.165) is 16.4 Å². The molecule has 1 aromatic heterocycles. The minimum atomic E-state index is -4.81. The third-order valence-corrected chi connectivity index (χ3v) is 6.87. The van der Waals surface area contributed by atoms with E-state index in [1.807, 2.05) is 0 Å². The maximum Gasteiger partial charge on any atom is 0.573 e. The van der Waals surface area contributed by atoms with Crippen molar-refractivity contribution in [2.24, 2.45) is 0 Å². The molecule has 0 bridgehead atoms. The Morgan fingerprint density at radius 1 is 1.11 bits per heavy atom. The summed E-state index contributed by atoms with van der Waals surface area (Å²) in [4.78, 5) is 16.8. The standard InChI is InChI=1S/C23H19ClF3N3O4S/c1-15(30(2)35(32,33)20-11-7-18(24)8-12-20)22(31)29-14-17-4-3-13-28-21(17)16-5-9-19(10-6-16)34-23(25,26)27/h3-13H,1,14H2,2H3,(H,29,31). The zero-order valence-corrected chi connectivity index (χ0v) is 19.8. The van der Waals surface area contributed by atoms with Gasteiger partial charge in [-0.25, -0.2) is 8.42 Å². The van der Waals surface area contributed by atoms with E-state index in [9.17, 15) is 26.4 Å². The molecule has 1 N–H and O–H groups in total. The highest BCUT2D eigenvalue weighted by Gasteiger charge is 2.31. The number of nitrogens with one attached hydrogen (secondary N) is 1. The number of likely N-dealkylation sites (N-methyl/N-ethyl adjacent to an activating group) is 1. The Kier molecular flexibility index (Phi) is 7.71. The monoisotopic (exact) mass is 525 g/mol. The molecule has 0 aliphatic heterocycles. The molecule has 0 saturated heterocycles. The van der Waals surface area contributed by atoms with Crippen molar-refractivity contribution in [1.82, 2.24) is 14.6 Å². The molecule has 0 saturated carbocycles. The van der Waals surface area contributed by atoms with Crippen LogP contribution in [0.4, 0.5) is 13.2 Å². The Morgan fingerprint density at radius 3 is 2.34 bits per heavy atom. The van der Waals surface area contributed by atoms with Gasteiger partial charge >= 0.3 is 6.36 Å². The normalized spacial score (nSPS) is 11.6. The maximum absolute atomic E-state index is 12.8. The number of rotatable bonds is 8. The van der Waals surface area contributed by atoms with E-state index < -0.39 is 22.3 Å². The van der Waals surface area contributed by atoms with Gasteiger partial charge in [0.15, 0.2) is 0 Å². The number of carbonyl (C=O) groups excluding carboxylic acids is 1. The number of carbonyl (C=O) groups is 1. The van der Waals surface area contributed by atoms with Crippen molar-refractivity contribution >= 4 is 27.5 Å². The average molecular weight is 526 g/mol. The summed E-state index contributed by atoms with van der Waals surface area (Å²) in [6.07, 6.45) is -3.31. The van der Waals surface area contributed by atoms with Crippen LogP contribution in [0.5, 0.6) is 5.75 Å². The summed E-state index contributed by atoms with van der Waals surface area (Å²) in [5, 5.41) is 2.94. The van der Waals surface area contributed by atoms with Gasteiger partial charge in [-0.15, -0.1) is 13.2 Å². The summed E-state index contributed by atoms with van der Waals surface area (Å²) < 4.78 is 67.3. The molecule has 0 atom stereocenters. The second-order valence-corrected chi connectivity index (χ2v) is 9.54. The van der Waals surface area contributed by atoms with Crippen LogP contribution in [0.1, 0.15) is 5.56 Å². The van der Waals surface area contributed by atoms with E-state index in [1.54, 1.807) is 12.1 Å². The minimum absolute atomic E-state index is 0.0450. The number of hydrogen-bond donors (Lipinski definition) is 1. The zero-order valence-electron chi connectivity index (χ0n) is 18.2. The molecule has 0 aliphatic carbocycles. The van der Waals surface area contributed by atoms with Gasteiger partial charge in [0, 0.05) is 30.4 Å². The fourth-order valence-corrected chi connectivity index (χ4v) is 4.28. The number of nitrogens with zero attached hydrogens (tertiary/aromatic N) is 2. The van der Waals surface area contributed by atoms with Crippen molar-refractivity contribution in [1.29, 1.82) is 0 Å². The topological polar surface area (TPSA) is 88.6 Å². The lowest BCUT2D eigenvalue weighted by atomic mass is 10.1. The molecule has 35 heavy (non-hydrogen) atoms. The van der Waals surface area contributed by atoms with Crippen molar-refractivity contribution in [3.63, 3.8) is 0 Å². The van der Waals surface area contributed by atoms with Gasteiger partial charge in [0.2, 0.25) is 0 Å². The summed E-state index contributed by atoms with van der Waals surface area (Å²) >= 11 is 5.80. The van der Waals surface area contributed by atoms with Crippen LogP contribution in [-0.2, 0) is 21.4 Å². The van der Waals surface area contributed by atoms with Crippen LogP contribution in [0.2, 0.25) is 5.02 Å². The average Bonchev–Trinajstić information content (AvgIpc) is 2.81. The third kappa shape index (κ3) is 6.52. The number of pyridine rings is 1. The van der Waals surface area contributed by atoms with Crippen molar-refractivity contribution in [2.75, 3.05) is 7.05 Å². The van der Waals surface area contributed by atoms with Gasteiger partial charge in [-0.1, -0.05) is 24.2 Å². The number of alkyl halides is 3. The van der Waals surface area contributed by atoms with Crippen LogP contribution in [0.15, 0.2) is 84.0 Å². The van der Waals surface area contributed by atoms with Gasteiger partial charge in [-0.2, -0.15) is 0 Å².